The molecule has 0 unspecified atom stereocenters. The van der Waals surface area contributed by atoms with Crippen molar-refractivity contribution >= 4 is 34.6 Å². The number of carbonyl (C=O) groups is 1. The predicted molar refractivity (Wildman–Crippen MR) is 129 cm³/mol. The molecule has 1 fully saturated rings. The van der Waals surface area contributed by atoms with E-state index in [2.05, 4.69) is 22.4 Å². The Morgan fingerprint density at radius 3 is 2.50 bits per heavy atom. The Kier molecular flexibility index (Phi) is 6.39. The van der Waals surface area contributed by atoms with Crippen LogP contribution < -0.4 is 10.1 Å². The minimum Gasteiger partial charge on any atom is -0.489 e. The smallest absolute Gasteiger partial charge is 0.264 e. The fourth-order valence-corrected chi connectivity index (χ4v) is 4.18. The Hall–Kier alpha value is -3.82. The number of carbonyl (C=O) groups excluding carboxylic acids is 1. The minimum absolute atomic E-state index is 0.161. The largest absolute Gasteiger partial charge is 0.489 e. The average molecular weight is 440 g/mol. The SMILES string of the molecule is Cc1cc(C)cc(N=C2NC(=O)C(=Cc3ccc(OCc4ccccc4C#N)cc3)S2)c1. The molecule has 158 valence electrons. The first kappa shape index (κ1) is 21.4. The third-order valence-corrected chi connectivity index (χ3v) is 5.71. The van der Waals surface area contributed by atoms with Crippen molar-refractivity contribution in [3.05, 3.63) is 99.5 Å². The van der Waals surface area contributed by atoms with Gasteiger partial charge in [-0.3, -0.25) is 4.79 Å². The van der Waals surface area contributed by atoms with Crippen LogP contribution in [0.25, 0.3) is 6.08 Å². The van der Waals surface area contributed by atoms with E-state index in [9.17, 15) is 10.1 Å². The minimum atomic E-state index is -0.161. The summed E-state index contributed by atoms with van der Waals surface area (Å²) in [6.07, 6.45) is 1.83. The van der Waals surface area contributed by atoms with Gasteiger partial charge in [-0.15, -0.1) is 0 Å². The summed E-state index contributed by atoms with van der Waals surface area (Å²) in [6, 6.07) is 23.1. The number of nitrogens with one attached hydrogen (secondary N) is 1. The fraction of sp³-hybridized carbons (Fsp3) is 0.115. The quantitative estimate of drug-likeness (QED) is 0.522. The normalized spacial score (nSPS) is 15.6. The summed E-state index contributed by atoms with van der Waals surface area (Å²) in [5.41, 5.74) is 5.43. The standard InChI is InChI=1S/C26H21N3O2S/c1-17-11-18(2)13-22(12-17)28-26-29-25(30)24(32-26)14-19-7-9-23(10-8-19)31-16-21-6-4-3-5-20(21)15-27/h3-14H,16H2,1-2H3,(H,28,29,30). The van der Waals surface area contributed by atoms with Crippen LogP contribution in [-0.2, 0) is 11.4 Å². The molecule has 0 aromatic heterocycles. The summed E-state index contributed by atoms with van der Waals surface area (Å²) in [5.74, 6) is 0.534. The molecule has 6 heteroatoms. The van der Waals surface area contributed by atoms with E-state index in [1.54, 1.807) is 6.07 Å². The molecule has 1 aliphatic rings. The molecule has 3 aromatic carbocycles. The Morgan fingerprint density at radius 1 is 1.06 bits per heavy atom. The van der Waals surface area contributed by atoms with Crippen LogP contribution in [0.2, 0.25) is 0 Å². The van der Waals surface area contributed by atoms with Crippen molar-refractivity contribution in [2.24, 2.45) is 4.99 Å². The Labute approximate surface area is 191 Å². The third-order valence-electron chi connectivity index (χ3n) is 4.80. The molecule has 0 radical (unpaired) electrons. The maximum atomic E-state index is 12.4. The van der Waals surface area contributed by atoms with Gasteiger partial charge in [0, 0.05) is 5.56 Å². The summed E-state index contributed by atoms with van der Waals surface area (Å²) < 4.78 is 5.81. The van der Waals surface area contributed by atoms with E-state index in [0.29, 0.717) is 28.0 Å². The van der Waals surface area contributed by atoms with E-state index < -0.39 is 0 Å². The van der Waals surface area contributed by atoms with Crippen LogP contribution in [0, 0.1) is 25.2 Å². The lowest BCUT2D eigenvalue weighted by molar-refractivity contribution is -0.115. The van der Waals surface area contributed by atoms with Gasteiger partial charge in [0.15, 0.2) is 5.17 Å². The molecule has 0 saturated carbocycles. The lowest BCUT2D eigenvalue weighted by Crippen LogP contribution is -2.19. The van der Waals surface area contributed by atoms with Gasteiger partial charge in [-0.2, -0.15) is 5.26 Å². The number of nitrogens with zero attached hydrogens (tertiary/aromatic N) is 2. The number of thioether (sulfide) groups is 1. The molecule has 1 saturated heterocycles. The van der Waals surface area contributed by atoms with Crippen molar-refractivity contribution in [3.63, 3.8) is 0 Å². The Bertz CT molecular complexity index is 1250. The number of rotatable bonds is 5. The molecule has 5 nitrogen and oxygen atoms in total. The highest BCUT2D eigenvalue weighted by Crippen LogP contribution is 2.29. The van der Waals surface area contributed by atoms with Gasteiger partial charge in [0.1, 0.15) is 12.4 Å². The lowest BCUT2D eigenvalue weighted by atomic mass is 10.1. The molecule has 1 aliphatic heterocycles. The topological polar surface area (TPSA) is 74.5 Å². The van der Waals surface area contributed by atoms with E-state index in [1.807, 2.05) is 74.5 Å². The highest BCUT2D eigenvalue weighted by Gasteiger charge is 2.23. The molecular formula is C26H21N3O2S. The molecule has 0 atom stereocenters. The van der Waals surface area contributed by atoms with Crippen LogP contribution in [0.5, 0.6) is 5.75 Å². The summed E-state index contributed by atoms with van der Waals surface area (Å²) in [6.45, 7) is 4.37. The molecule has 0 aliphatic carbocycles. The number of amides is 1. The molecule has 4 rings (SSSR count). The highest BCUT2D eigenvalue weighted by atomic mass is 32.2. The lowest BCUT2D eigenvalue weighted by Gasteiger charge is -2.07. The van der Waals surface area contributed by atoms with Gasteiger partial charge in [0.25, 0.3) is 5.91 Å². The number of benzene rings is 3. The molecule has 1 heterocycles. The van der Waals surface area contributed by atoms with Crippen LogP contribution >= 0.6 is 11.8 Å². The second-order valence-corrected chi connectivity index (χ2v) is 8.48. The molecule has 0 spiro atoms. The van der Waals surface area contributed by atoms with Gasteiger partial charge < -0.3 is 10.1 Å². The summed E-state index contributed by atoms with van der Waals surface area (Å²) in [5, 5.41) is 12.6. The first-order chi connectivity index (χ1) is 15.5. The van der Waals surface area contributed by atoms with Crippen molar-refractivity contribution in [1.82, 2.24) is 5.32 Å². The van der Waals surface area contributed by atoms with Crippen LogP contribution in [0.1, 0.15) is 27.8 Å². The Balaban J connectivity index is 1.43. The number of hydrogen-bond acceptors (Lipinski definition) is 5. The van der Waals surface area contributed by atoms with Crippen molar-refractivity contribution in [2.75, 3.05) is 0 Å². The van der Waals surface area contributed by atoms with Gasteiger partial charge in [-0.1, -0.05) is 36.4 Å². The van der Waals surface area contributed by atoms with Crippen molar-refractivity contribution < 1.29 is 9.53 Å². The van der Waals surface area contributed by atoms with E-state index in [4.69, 9.17) is 4.74 Å². The first-order valence-electron chi connectivity index (χ1n) is 10.1. The van der Waals surface area contributed by atoms with E-state index >= 15 is 0 Å². The second-order valence-electron chi connectivity index (χ2n) is 7.45. The molecule has 1 amide bonds. The zero-order valence-electron chi connectivity index (χ0n) is 17.8. The van der Waals surface area contributed by atoms with Gasteiger partial charge in [-0.25, -0.2) is 4.99 Å². The van der Waals surface area contributed by atoms with Crippen molar-refractivity contribution in [3.8, 4) is 11.8 Å². The highest BCUT2D eigenvalue weighted by molar-refractivity contribution is 8.18. The van der Waals surface area contributed by atoms with Crippen LogP contribution in [0.4, 0.5) is 5.69 Å². The van der Waals surface area contributed by atoms with Gasteiger partial charge in [-0.05, 0) is 78.7 Å². The summed E-state index contributed by atoms with van der Waals surface area (Å²) >= 11 is 1.32. The number of aliphatic imine (C=N–C) groups is 1. The molecule has 0 bridgehead atoms. The number of nitriles is 1. The fourth-order valence-electron chi connectivity index (χ4n) is 3.34. The second kappa shape index (κ2) is 9.54. The zero-order chi connectivity index (χ0) is 22.5. The average Bonchev–Trinajstić information content (AvgIpc) is 3.11. The van der Waals surface area contributed by atoms with Gasteiger partial charge >= 0.3 is 0 Å². The summed E-state index contributed by atoms with van der Waals surface area (Å²) in [4.78, 5) is 17.5. The maximum absolute atomic E-state index is 12.4. The monoisotopic (exact) mass is 439 g/mol. The third kappa shape index (κ3) is 5.26. The van der Waals surface area contributed by atoms with E-state index in [0.717, 1.165) is 27.9 Å². The molecule has 3 aromatic rings. The number of ether oxygens (including phenoxy) is 1. The van der Waals surface area contributed by atoms with E-state index in [1.165, 1.54) is 11.8 Å². The molecular weight excluding hydrogens is 418 g/mol. The maximum Gasteiger partial charge on any atom is 0.264 e. The number of aryl methyl sites for hydroxylation is 2. The van der Waals surface area contributed by atoms with Crippen LogP contribution in [-0.4, -0.2) is 11.1 Å². The van der Waals surface area contributed by atoms with Crippen LogP contribution in [0.3, 0.4) is 0 Å². The zero-order valence-corrected chi connectivity index (χ0v) is 18.6. The summed E-state index contributed by atoms with van der Waals surface area (Å²) in [7, 11) is 0. The Morgan fingerprint density at radius 2 is 1.78 bits per heavy atom. The first-order valence-corrected chi connectivity index (χ1v) is 10.9. The number of hydrogen-bond donors (Lipinski definition) is 1. The van der Waals surface area contributed by atoms with Crippen molar-refractivity contribution in [2.45, 2.75) is 20.5 Å². The number of amidine groups is 1. The van der Waals surface area contributed by atoms with Gasteiger partial charge in [0.2, 0.25) is 0 Å². The van der Waals surface area contributed by atoms with Crippen molar-refractivity contribution in [1.29, 1.82) is 5.26 Å². The molecule has 32 heavy (non-hydrogen) atoms. The molecule has 1 N–H and O–H groups in total. The van der Waals surface area contributed by atoms with E-state index in [-0.39, 0.29) is 5.91 Å². The van der Waals surface area contributed by atoms with Gasteiger partial charge in [0.05, 0.1) is 22.2 Å². The predicted octanol–water partition coefficient (Wildman–Crippen LogP) is 5.65. The van der Waals surface area contributed by atoms with Crippen LogP contribution in [0.15, 0.2) is 76.6 Å².